The average Bonchev–Trinajstić information content (AvgIpc) is 3.06. The molecule has 0 fully saturated rings. The van der Waals surface area contributed by atoms with E-state index in [9.17, 15) is 9.59 Å². The number of hydrogen-bond donors (Lipinski definition) is 1. The molecular formula is C22H20Cl2N4O2. The quantitative estimate of drug-likeness (QED) is 0.480. The van der Waals surface area contributed by atoms with E-state index in [1.165, 1.54) is 9.58 Å². The summed E-state index contributed by atoms with van der Waals surface area (Å²) in [6, 6.07) is 15.6. The van der Waals surface area contributed by atoms with Crippen molar-refractivity contribution in [3.63, 3.8) is 0 Å². The molecule has 1 aliphatic rings. The van der Waals surface area contributed by atoms with Gasteiger partial charge in [-0.1, -0.05) is 47.5 Å². The average molecular weight is 443 g/mol. The van der Waals surface area contributed by atoms with Gasteiger partial charge in [-0.2, -0.15) is 5.10 Å². The van der Waals surface area contributed by atoms with Crippen LogP contribution in [-0.4, -0.2) is 27.1 Å². The van der Waals surface area contributed by atoms with Crippen LogP contribution >= 0.6 is 23.2 Å². The lowest BCUT2D eigenvalue weighted by Gasteiger charge is -2.38. The second-order valence-electron chi connectivity index (χ2n) is 7.24. The number of carbonyl (C=O) groups excluding carboxylic acids is 2. The van der Waals surface area contributed by atoms with Crippen molar-refractivity contribution in [2.75, 3.05) is 4.90 Å². The van der Waals surface area contributed by atoms with Crippen LogP contribution in [0.1, 0.15) is 44.6 Å². The van der Waals surface area contributed by atoms with Crippen LogP contribution in [0.15, 0.2) is 54.6 Å². The van der Waals surface area contributed by atoms with Crippen LogP contribution in [0.3, 0.4) is 0 Å². The lowest BCUT2D eigenvalue weighted by molar-refractivity contribution is 0.0931. The lowest BCUT2D eigenvalue weighted by Crippen LogP contribution is -2.45. The number of aryl methyl sites for hydroxylation is 2. The highest BCUT2D eigenvalue weighted by molar-refractivity contribution is 6.31. The fourth-order valence-electron chi connectivity index (χ4n) is 3.74. The second kappa shape index (κ2) is 8.13. The Kier molecular flexibility index (Phi) is 5.54. The minimum atomic E-state index is -0.667. The van der Waals surface area contributed by atoms with Gasteiger partial charge < -0.3 is 5.32 Å². The Morgan fingerprint density at radius 3 is 2.53 bits per heavy atom. The fourth-order valence-corrected chi connectivity index (χ4v) is 4.27. The van der Waals surface area contributed by atoms with Crippen molar-refractivity contribution in [3.8, 4) is 0 Å². The molecule has 0 radical (unpaired) electrons. The summed E-state index contributed by atoms with van der Waals surface area (Å²) in [5.41, 5.74) is 2.42. The summed E-state index contributed by atoms with van der Waals surface area (Å²) >= 11 is 12.9. The number of fused-ring (bicyclic) bond motifs is 1. The van der Waals surface area contributed by atoms with Crippen LogP contribution in [0, 0.1) is 6.92 Å². The van der Waals surface area contributed by atoms with Crippen LogP contribution in [0.5, 0.6) is 0 Å². The number of nitrogens with zero attached hydrogens (tertiary/aromatic N) is 3. The molecule has 2 aromatic carbocycles. The van der Waals surface area contributed by atoms with Gasteiger partial charge in [-0.3, -0.25) is 19.2 Å². The van der Waals surface area contributed by atoms with Gasteiger partial charge in [0.25, 0.3) is 11.8 Å². The number of aromatic nitrogens is 2. The molecule has 2 heterocycles. The zero-order valence-electron chi connectivity index (χ0n) is 16.5. The highest BCUT2D eigenvalue weighted by Gasteiger charge is 2.37. The molecular weight excluding hydrogens is 423 g/mol. The Morgan fingerprint density at radius 2 is 1.87 bits per heavy atom. The molecule has 1 aromatic heterocycles. The molecule has 8 heteroatoms. The summed E-state index contributed by atoms with van der Waals surface area (Å²) in [5, 5.41) is 7.77. The number of rotatable bonds is 3. The molecule has 2 unspecified atom stereocenters. The fraction of sp³-hybridized carbons (Fsp3) is 0.227. The van der Waals surface area contributed by atoms with Crippen LogP contribution in [-0.2, 0) is 7.05 Å². The van der Waals surface area contributed by atoms with Crippen molar-refractivity contribution in [2.45, 2.75) is 24.9 Å². The van der Waals surface area contributed by atoms with Crippen molar-refractivity contribution < 1.29 is 9.59 Å². The molecule has 30 heavy (non-hydrogen) atoms. The Morgan fingerprint density at radius 1 is 1.13 bits per heavy atom. The van der Waals surface area contributed by atoms with Gasteiger partial charge in [0.05, 0.1) is 17.4 Å². The standard InChI is InChI=1S/C22H20Cl2N4O2/c1-13-10-19(27(2)26-13)22(30)28-18-11-15(23)8-9-16(18)17(12-20(28)24)25-21(29)14-6-4-3-5-7-14/h3-11,17,20H,12H2,1-2H3,(H,25,29). The molecule has 4 rings (SSSR count). The molecule has 2 atom stereocenters. The van der Waals surface area contributed by atoms with E-state index < -0.39 is 5.50 Å². The summed E-state index contributed by atoms with van der Waals surface area (Å²) in [6.45, 7) is 1.82. The van der Waals surface area contributed by atoms with E-state index in [0.717, 1.165) is 11.3 Å². The monoisotopic (exact) mass is 442 g/mol. The highest BCUT2D eigenvalue weighted by Crippen LogP contribution is 2.41. The molecule has 2 amide bonds. The minimum Gasteiger partial charge on any atom is -0.345 e. The van der Waals surface area contributed by atoms with E-state index in [2.05, 4.69) is 10.4 Å². The third kappa shape index (κ3) is 3.80. The van der Waals surface area contributed by atoms with Gasteiger partial charge >= 0.3 is 0 Å². The zero-order valence-corrected chi connectivity index (χ0v) is 18.0. The van der Waals surface area contributed by atoms with E-state index in [-0.39, 0.29) is 17.9 Å². The highest BCUT2D eigenvalue weighted by atomic mass is 35.5. The number of hydrogen-bond acceptors (Lipinski definition) is 3. The Hall–Kier alpha value is -2.83. The van der Waals surface area contributed by atoms with Crippen molar-refractivity contribution in [1.29, 1.82) is 0 Å². The lowest BCUT2D eigenvalue weighted by atomic mass is 9.95. The number of alkyl halides is 1. The zero-order chi connectivity index (χ0) is 21.4. The number of benzene rings is 2. The Labute approximate surface area is 184 Å². The largest absolute Gasteiger partial charge is 0.345 e. The molecule has 0 spiro atoms. The summed E-state index contributed by atoms with van der Waals surface area (Å²) in [6.07, 6.45) is 0.358. The predicted octanol–water partition coefficient (Wildman–Crippen LogP) is 4.47. The van der Waals surface area contributed by atoms with Crippen molar-refractivity contribution in [3.05, 3.63) is 82.1 Å². The second-order valence-corrected chi connectivity index (χ2v) is 8.18. The van der Waals surface area contributed by atoms with E-state index in [4.69, 9.17) is 23.2 Å². The topological polar surface area (TPSA) is 67.2 Å². The van der Waals surface area contributed by atoms with Gasteiger partial charge in [0.15, 0.2) is 0 Å². The third-order valence-electron chi connectivity index (χ3n) is 5.12. The normalized spacial score (nSPS) is 18.1. The van der Waals surface area contributed by atoms with Gasteiger partial charge in [-0.15, -0.1) is 0 Å². The Balaban J connectivity index is 1.70. The van der Waals surface area contributed by atoms with Crippen LogP contribution in [0.2, 0.25) is 5.02 Å². The van der Waals surface area contributed by atoms with E-state index in [1.54, 1.807) is 37.4 Å². The number of nitrogens with one attached hydrogen (secondary N) is 1. The van der Waals surface area contributed by atoms with Crippen LogP contribution in [0.4, 0.5) is 5.69 Å². The molecule has 0 saturated heterocycles. The van der Waals surface area contributed by atoms with Crippen LogP contribution < -0.4 is 10.2 Å². The summed E-state index contributed by atoms with van der Waals surface area (Å²) in [7, 11) is 1.72. The summed E-state index contributed by atoms with van der Waals surface area (Å²) < 4.78 is 1.54. The molecule has 1 aliphatic heterocycles. The maximum absolute atomic E-state index is 13.3. The van der Waals surface area contributed by atoms with Crippen molar-refractivity contribution in [1.82, 2.24) is 15.1 Å². The molecule has 6 nitrogen and oxygen atoms in total. The summed E-state index contributed by atoms with van der Waals surface area (Å²) in [5.74, 6) is -0.471. The molecule has 0 saturated carbocycles. The van der Waals surface area contributed by atoms with Gasteiger partial charge in [0.1, 0.15) is 11.2 Å². The maximum Gasteiger partial charge on any atom is 0.277 e. The maximum atomic E-state index is 13.3. The van der Waals surface area contributed by atoms with Gasteiger partial charge in [-0.05, 0) is 42.8 Å². The van der Waals surface area contributed by atoms with E-state index in [0.29, 0.717) is 28.4 Å². The first-order valence-corrected chi connectivity index (χ1v) is 10.3. The van der Waals surface area contributed by atoms with Crippen molar-refractivity contribution in [2.24, 2.45) is 7.05 Å². The van der Waals surface area contributed by atoms with Crippen LogP contribution in [0.25, 0.3) is 0 Å². The Bertz CT molecular complexity index is 1110. The number of amides is 2. The number of carbonyl (C=O) groups is 2. The number of halogens is 2. The van der Waals surface area contributed by atoms with Gasteiger partial charge in [-0.25, -0.2) is 0 Å². The molecule has 0 aliphatic carbocycles. The smallest absolute Gasteiger partial charge is 0.277 e. The van der Waals surface area contributed by atoms with Gasteiger partial charge in [0, 0.05) is 24.1 Å². The molecule has 1 N–H and O–H groups in total. The summed E-state index contributed by atoms with van der Waals surface area (Å²) in [4.78, 5) is 27.5. The van der Waals surface area contributed by atoms with E-state index >= 15 is 0 Å². The van der Waals surface area contributed by atoms with Crippen molar-refractivity contribution >= 4 is 40.7 Å². The predicted molar refractivity (Wildman–Crippen MR) is 117 cm³/mol. The first kappa shape index (κ1) is 20.4. The SMILES string of the molecule is Cc1cc(C(=O)N2c3cc(Cl)ccc3C(NC(=O)c3ccccc3)CC2Cl)n(C)n1. The first-order valence-electron chi connectivity index (χ1n) is 9.49. The molecule has 0 bridgehead atoms. The number of anilines is 1. The third-order valence-corrected chi connectivity index (χ3v) is 5.73. The first-order chi connectivity index (χ1) is 14.3. The van der Waals surface area contributed by atoms with Gasteiger partial charge in [0.2, 0.25) is 0 Å². The van der Waals surface area contributed by atoms with E-state index in [1.807, 2.05) is 31.2 Å². The minimum absolute atomic E-state index is 0.201. The molecule has 3 aromatic rings. The molecule has 154 valence electrons.